The zero-order valence-corrected chi connectivity index (χ0v) is 9.74. The quantitative estimate of drug-likeness (QED) is 0.602. The second-order valence-corrected chi connectivity index (χ2v) is 3.77. The summed E-state index contributed by atoms with van der Waals surface area (Å²) in [5.41, 5.74) is 1.37. The van der Waals surface area contributed by atoms with Crippen LogP contribution in [0, 0.1) is 0 Å². The topological polar surface area (TPSA) is 113 Å². The predicted molar refractivity (Wildman–Crippen MR) is 65.1 cm³/mol. The van der Waals surface area contributed by atoms with E-state index in [1.165, 1.54) is 6.20 Å². The average Bonchev–Trinajstić information content (AvgIpc) is 3.09. The normalized spacial score (nSPS) is 10.5. The largest absolute Gasteiger partial charge is 0.508 e. The lowest BCUT2D eigenvalue weighted by atomic mass is 10.3. The zero-order valence-electron chi connectivity index (χ0n) is 9.74. The number of rotatable bonds is 4. The van der Waals surface area contributed by atoms with Crippen LogP contribution in [0.1, 0.15) is 5.89 Å². The fourth-order valence-electron chi connectivity index (χ4n) is 1.50. The molecule has 0 aliphatic heterocycles. The molecule has 2 aromatic heterocycles. The van der Waals surface area contributed by atoms with Gasteiger partial charge < -0.3 is 14.9 Å². The Bertz CT molecular complexity index is 646. The van der Waals surface area contributed by atoms with Gasteiger partial charge in [-0.3, -0.25) is 0 Å². The summed E-state index contributed by atoms with van der Waals surface area (Å²) < 4.78 is 5.08. The van der Waals surface area contributed by atoms with Gasteiger partial charge in [-0.1, -0.05) is 5.16 Å². The van der Waals surface area contributed by atoms with Gasteiger partial charge in [-0.15, -0.1) is 0 Å². The maximum Gasteiger partial charge on any atom is 0.246 e. The highest BCUT2D eigenvalue weighted by molar-refractivity contribution is 5.47. The fraction of sp³-hybridized carbons (Fsp3) is 0.0909. The molecule has 1 aromatic carbocycles. The Morgan fingerprint density at radius 1 is 1.26 bits per heavy atom. The molecule has 0 bridgehead atoms. The number of aromatic nitrogens is 5. The van der Waals surface area contributed by atoms with E-state index >= 15 is 0 Å². The van der Waals surface area contributed by atoms with Crippen LogP contribution in [0.2, 0.25) is 0 Å². The van der Waals surface area contributed by atoms with E-state index in [1.807, 2.05) is 0 Å². The van der Waals surface area contributed by atoms with Crippen LogP contribution in [-0.4, -0.2) is 30.7 Å². The third kappa shape index (κ3) is 2.51. The van der Waals surface area contributed by atoms with Gasteiger partial charge in [0.25, 0.3) is 0 Å². The summed E-state index contributed by atoms with van der Waals surface area (Å²) in [5.74, 6) is 1.04. The summed E-state index contributed by atoms with van der Waals surface area (Å²) in [6.07, 6.45) is 1.52. The molecule has 3 rings (SSSR count). The number of anilines is 1. The lowest BCUT2D eigenvalue weighted by Crippen LogP contribution is -1.99. The molecule has 0 fully saturated rings. The molecule has 0 amide bonds. The smallest absolute Gasteiger partial charge is 0.246 e. The first kappa shape index (κ1) is 11.2. The third-order valence-corrected chi connectivity index (χ3v) is 2.42. The lowest BCUT2D eigenvalue weighted by Gasteiger charge is -2.02. The van der Waals surface area contributed by atoms with Crippen molar-refractivity contribution in [1.82, 2.24) is 25.6 Å². The minimum Gasteiger partial charge on any atom is -0.508 e. The molecule has 2 heterocycles. The summed E-state index contributed by atoms with van der Waals surface area (Å²) in [6.45, 7) is 0.385. The van der Waals surface area contributed by atoms with Gasteiger partial charge in [-0.25, -0.2) is 0 Å². The van der Waals surface area contributed by atoms with Crippen molar-refractivity contribution in [3.8, 4) is 17.3 Å². The number of H-pyrrole nitrogens is 1. The molecule has 19 heavy (non-hydrogen) atoms. The molecule has 0 unspecified atom stereocenters. The summed E-state index contributed by atoms with van der Waals surface area (Å²) in [6, 6.07) is 6.70. The summed E-state index contributed by atoms with van der Waals surface area (Å²) in [7, 11) is 0. The molecular formula is C11H10N6O2. The fourth-order valence-corrected chi connectivity index (χ4v) is 1.50. The number of phenols is 1. The Hall–Kier alpha value is -2.90. The maximum absolute atomic E-state index is 9.17. The number of phenolic OH excluding ortho intramolecular Hbond substituents is 1. The summed E-state index contributed by atoms with van der Waals surface area (Å²) >= 11 is 0. The first-order chi connectivity index (χ1) is 9.31. The van der Waals surface area contributed by atoms with Gasteiger partial charge >= 0.3 is 0 Å². The Morgan fingerprint density at radius 3 is 2.84 bits per heavy atom. The minimum absolute atomic E-state index is 0.219. The van der Waals surface area contributed by atoms with Crippen molar-refractivity contribution in [2.75, 3.05) is 5.32 Å². The van der Waals surface area contributed by atoms with E-state index in [4.69, 9.17) is 9.63 Å². The average molecular weight is 258 g/mol. The predicted octanol–water partition coefficient (Wildman–Crippen LogP) is 1.17. The Kier molecular flexibility index (Phi) is 2.81. The van der Waals surface area contributed by atoms with E-state index in [0.717, 1.165) is 5.69 Å². The van der Waals surface area contributed by atoms with Crippen molar-refractivity contribution in [2.45, 2.75) is 6.54 Å². The maximum atomic E-state index is 9.17. The second-order valence-electron chi connectivity index (χ2n) is 3.77. The van der Waals surface area contributed by atoms with Gasteiger partial charge in [-0.05, 0) is 24.3 Å². The van der Waals surface area contributed by atoms with E-state index in [1.54, 1.807) is 24.3 Å². The molecule has 8 heteroatoms. The molecule has 0 radical (unpaired) electrons. The SMILES string of the molecule is Oc1ccc(NCc2nc(-c3cn[nH]n3)no2)cc1. The van der Waals surface area contributed by atoms with Crippen molar-refractivity contribution in [1.29, 1.82) is 0 Å². The van der Waals surface area contributed by atoms with Gasteiger partial charge in [0.2, 0.25) is 11.7 Å². The van der Waals surface area contributed by atoms with Crippen molar-refractivity contribution >= 4 is 5.69 Å². The van der Waals surface area contributed by atoms with E-state index in [-0.39, 0.29) is 5.75 Å². The van der Waals surface area contributed by atoms with Crippen molar-refractivity contribution < 1.29 is 9.63 Å². The summed E-state index contributed by atoms with van der Waals surface area (Å²) in [4.78, 5) is 4.17. The Balaban J connectivity index is 1.66. The number of nitrogens with one attached hydrogen (secondary N) is 2. The molecular weight excluding hydrogens is 248 g/mol. The Labute approximate surface area is 107 Å². The van der Waals surface area contributed by atoms with Crippen molar-refractivity contribution in [3.05, 3.63) is 36.4 Å². The third-order valence-electron chi connectivity index (χ3n) is 2.42. The van der Waals surface area contributed by atoms with Crippen LogP contribution >= 0.6 is 0 Å². The van der Waals surface area contributed by atoms with Gasteiger partial charge in [0.15, 0.2) is 5.69 Å². The van der Waals surface area contributed by atoms with Crippen molar-refractivity contribution in [3.63, 3.8) is 0 Å². The molecule has 0 aliphatic rings. The molecule has 3 aromatic rings. The molecule has 0 atom stereocenters. The van der Waals surface area contributed by atoms with Crippen LogP contribution in [0.5, 0.6) is 5.75 Å². The van der Waals surface area contributed by atoms with Crippen LogP contribution in [0.25, 0.3) is 11.5 Å². The first-order valence-electron chi connectivity index (χ1n) is 5.53. The molecule has 0 saturated carbocycles. The van der Waals surface area contributed by atoms with Crippen molar-refractivity contribution in [2.24, 2.45) is 0 Å². The number of aromatic amines is 1. The highest BCUT2D eigenvalue weighted by Gasteiger charge is 2.10. The highest BCUT2D eigenvalue weighted by atomic mass is 16.5. The number of benzene rings is 1. The highest BCUT2D eigenvalue weighted by Crippen LogP contribution is 2.15. The van der Waals surface area contributed by atoms with E-state index < -0.39 is 0 Å². The van der Waals surface area contributed by atoms with Crippen LogP contribution in [-0.2, 0) is 6.54 Å². The van der Waals surface area contributed by atoms with Crippen LogP contribution in [0.15, 0.2) is 35.0 Å². The standard InChI is InChI=1S/C11H10N6O2/c18-8-3-1-7(2-4-8)12-6-10-14-11(16-19-10)9-5-13-17-15-9/h1-5,12,18H,6H2,(H,13,15,17). The van der Waals surface area contributed by atoms with E-state index in [0.29, 0.717) is 24.0 Å². The number of hydrogen-bond acceptors (Lipinski definition) is 7. The van der Waals surface area contributed by atoms with Gasteiger partial charge in [0.1, 0.15) is 5.75 Å². The molecule has 0 saturated heterocycles. The monoisotopic (exact) mass is 258 g/mol. The molecule has 8 nitrogen and oxygen atoms in total. The number of aromatic hydroxyl groups is 1. The molecule has 96 valence electrons. The van der Waals surface area contributed by atoms with Gasteiger partial charge in [0, 0.05) is 5.69 Å². The van der Waals surface area contributed by atoms with E-state index in [9.17, 15) is 0 Å². The van der Waals surface area contributed by atoms with Crippen LogP contribution in [0.3, 0.4) is 0 Å². The van der Waals surface area contributed by atoms with Crippen LogP contribution < -0.4 is 5.32 Å². The minimum atomic E-state index is 0.219. The Morgan fingerprint density at radius 2 is 2.11 bits per heavy atom. The van der Waals surface area contributed by atoms with Crippen LogP contribution in [0.4, 0.5) is 5.69 Å². The second kappa shape index (κ2) is 4.77. The van der Waals surface area contributed by atoms with Gasteiger partial charge in [0.05, 0.1) is 12.7 Å². The molecule has 0 spiro atoms. The first-order valence-corrected chi connectivity index (χ1v) is 5.53. The van der Waals surface area contributed by atoms with Gasteiger partial charge in [-0.2, -0.15) is 20.4 Å². The number of nitrogens with zero attached hydrogens (tertiary/aromatic N) is 4. The summed E-state index contributed by atoms with van der Waals surface area (Å²) in [5, 5.41) is 26.1. The lowest BCUT2D eigenvalue weighted by molar-refractivity contribution is 0.384. The zero-order chi connectivity index (χ0) is 13.1. The van der Waals surface area contributed by atoms with E-state index in [2.05, 4.69) is 30.9 Å². The molecule has 0 aliphatic carbocycles. The number of hydrogen-bond donors (Lipinski definition) is 3. The molecule has 3 N–H and O–H groups in total.